The standard InChI is InChI=1S/C20H30N6.HI/c1-16-9-12-26(13-10-16)18-6-4-17(5-7-18)14-22-20(21-2)23-15-19-8-11-24-25(19)3;/h4-8,11,16H,9-10,12-15H2,1-3H3,(H2,21,22,23);1H. The normalized spacial score (nSPS) is 15.4. The maximum absolute atomic E-state index is 4.29. The molecular weight excluding hydrogens is 451 g/mol. The fourth-order valence-corrected chi connectivity index (χ4v) is 3.25. The summed E-state index contributed by atoms with van der Waals surface area (Å²) in [5.41, 5.74) is 3.70. The van der Waals surface area contributed by atoms with Gasteiger partial charge in [-0.05, 0) is 42.5 Å². The van der Waals surface area contributed by atoms with Gasteiger partial charge in [-0.2, -0.15) is 5.10 Å². The smallest absolute Gasteiger partial charge is 0.191 e. The third-order valence-electron chi connectivity index (χ3n) is 5.13. The maximum Gasteiger partial charge on any atom is 0.191 e. The Morgan fingerprint density at radius 2 is 1.78 bits per heavy atom. The van der Waals surface area contributed by atoms with Gasteiger partial charge in [-0.25, -0.2) is 0 Å². The van der Waals surface area contributed by atoms with Crippen LogP contribution in [0.4, 0.5) is 5.69 Å². The van der Waals surface area contributed by atoms with Crippen molar-refractivity contribution in [3.05, 3.63) is 47.8 Å². The van der Waals surface area contributed by atoms with Gasteiger partial charge in [0, 0.05) is 45.6 Å². The number of rotatable bonds is 5. The average molecular weight is 482 g/mol. The lowest BCUT2D eigenvalue weighted by Crippen LogP contribution is -2.36. The molecule has 1 fully saturated rings. The zero-order valence-electron chi connectivity index (χ0n) is 16.5. The van der Waals surface area contributed by atoms with Crippen LogP contribution in [-0.4, -0.2) is 35.9 Å². The summed E-state index contributed by atoms with van der Waals surface area (Å²) in [6, 6.07) is 10.9. The zero-order chi connectivity index (χ0) is 18.4. The van der Waals surface area contributed by atoms with E-state index in [0.717, 1.165) is 24.1 Å². The Balaban J connectivity index is 0.00000261. The highest BCUT2D eigenvalue weighted by Crippen LogP contribution is 2.23. The van der Waals surface area contributed by atoms with Gasteiger partial charge in [0.15, 0.2) is 5.96 Å². The lowest BCUT2D eigenvalue weighted by atomic mass is 9.99. The first kappa shape index (κ1) is 21.5. The van der Waals surface area contributed by atoms with Gasteiger partial charge in [0.05, 0.1) is 12.2 Å². The van der Waals surface area contributed by atoms with Gasteiger partial charge in [-0.15, -0.1) is 24.0 Å². The highest BCUT2D eigenvalue weighted by atomic mass is 127. The van der Waals surface area contributed by atoms with Crippen LogP contribution in [-0.2, 0) is 20.1 Å². The number of aryl methyl sites for hydroxylation is 1. The van der Waals surface area contributed by atoms with Gasteiger partial charge in [0.1, 0.15) is 0 Å². The molecule has 0 amide bonds. The monoisotopic (exact) mass is 482 g/mol. The summed E-state index contributed by atoms with van der Waals surface area (Å²) in [5, 5.41) is 10.9. The second-order valence-corrected chi connectivity index (χ2v) is 7.06. The molecule has 7 heteroatoms. The molecule has 2 N–H and O–H groups in total. The molecule has 0 radical (unpaired) electrons. The van der Waals surface area contributed by atoms with Crippen LogP contribution in [0.5, 0.6) is 0 Å². The second kappa shape index (κ2) is 10.5. The summed E-state index contributed by atoms with van der Waals surface area (Å²) in [7, 11) is 3.73. The number of aromatic nitrogens is 2. The highest BCUT2D eigenvalue weighted by Gasteiger charge is 2.15. The van der Waals surface area contributed by atoms with Gasteiger partial charge in [-0.3, -0.25) is 9.67 Å². The molecule has 1 aliphatic rings. The van der Waals surface area contributed by atoms with Crippen molar-refractivity contribution >= 4 is 35.6 Å². The number of anilines is 1. The predicted octanol–water partition coefficient (Wildman–Crippen LogP) is 3.14. The van der Waals surface area contributed by atoms with Gasteiger partial charge >= 0.3 is 0 Å². The van der Waals surface area contributed by atoms with Gasteiger partial charge in [0.2, 0.25) is 0 Å². The molecule has 2 heterocycles. The van der Waals surface area contributed by atoms with Crippen LogP contribution >= 0.6 is 24.0 Å². The second-order valence-electron chi connectivity index (χ2n) is 7.06. The number of halogens is 1. The van der Waals surface area contributed by atoms with Crippen molar-refractivity contribution in [2.45, 2.75) is 32.9 Å². The van der Waals surface area contributed by atoms with Crippen LogP contribution in [0, 0.1) is 5.92 Å². The number of aliphatic imine (C=N–C) groups is 1. The number of hydrogen-bond donors (Lipinski definition) is 2. The van der Waals surface area contributed by atoms with E-state index < -0.39 is 0 Å². The number of nitrogens with zero attached hydrogens (tertiary/aromatic N) is 4. The first-order chi connectivity index (χ1) is 12.7. The fourth-order valence-electron chi connectivity index (χ4n) is 3.25. The summed E-state index contributed by atoms with van der Waals surface area (Å²) in [5.74, 6) is 1.65. The molecule has 27 heavy (non-hydrogen) atoms. The molecule has 0 aliphatic carbocycles. The zero-order valence-corrected chi connectivity index (χ0v) is 18.8. The molecule has 1 aliphatic heterocycles. The number of hydrogen-bond acceptors (Lipinski definition) is 3. The average Bonchev–Trinajstić information content (AvgIpc) is 3.08. The number of piperidine rings is 1. The molecule has 0 spiro atoms. The van der Waals surface area contributed by atoms with Crippen molar-refractivity contribution in [2.24, 2.45) is 18.0 Å². The van der Waals surface area contributed by atoms with Crippen molar-refractivity contribution in [1.29, 1.82) is 0 Å². The number of benzene rings is 1. The summed E-state index contributed by atoms with van der Waals surface area (Å²) in [6.45, 7) is 6.14. The Bertz CT molecular complexity index is 716. The maximum atomic E-state index is 4.29. The molecule has 1 saturated heterocycles. The number of guanidine groups is 1. The van der Waals surface area contributed by atoms with Crippen LogP contribution in [0.15, 0.2) is 41.5 Å². The SMILES string of the molecule is CN=C(NCc1ccc(N2CCC(C)CC2)cc1)NCc1ccnn1C.I. The van der Waals surface area contributed by atoms with Gasteiger partial charge in [0.25, 0.3) is 0 Å². The van der Waals surface area contributed by atoms with E-state index in [0.29, 0.717) is 6.54 Å². The largest absolute Gasteiger partial charge is 0.372 e. The van der Waals surface area contributed by atoms with Crippen molar-refractivity contribution in [2.75, 3.05) is 25.0 Å². The molecular formula is C20H31IN6. The summed E-state index contributed by atoms with van der Waals surface area (Å²) in [4.78, 5) is 6.78. The fraction of sp³-hybridized carbons (Fsp3) is 0.500. The number of nitrogens with one attached hydrogen (secondary N) is 2. The topological polar surface area (TPSA) is 57.5 Å². The lowest BCUT2D eigenvalue weighted by Gasteiger charge is -2.32. The Morgan fingerprint density at radius 1 is 1.11 bits per heavy atom. The van der Waals surface area contributed by atoms with E-state index in [1.54, 1.807) is 13.2 Å². The van der Waals surface area contributed by atoms with Crippen LogP contribution in [0.25, 0.3) is 0 Å². The van der Waals surface area contributed by atoms with E-state index >= 15 is 0 Å². The Kier molecular flexibility index (Phi) is 8.40. The minimum Gasteiger partial charge on any atom is -0.372 e. The van der Waals surface area contributed by atoms with Crippen LogP contribution in [0.2, 0.25) is 0 Å². The molecule has 1 aromatic carbocycles. The van der Waals surface area contributed by atoms with Crippen molar-refractivity contribution in [3.63, 3.8) is 0 Å². The Labute approximate surface area is 179 Å². The van der Waals surface area contributed by atoms with Crippen LogP contribution in [0.3, 0.4) is 0 Å². The Morgan fingerprint density at radius 3 is 2.37 bits per heavy atom. The molecule has 6 nitrogen and oxygen atoms in total. The lowest BCUT2D eigenvalue weighted by molar-refractivity contribution is 0.438. The third kappa shape index (κ3) is 6.12. The van der Waals surface area contributed by atoms with Gasteiger partial charge < -0.3 is 15.5 Å². The molecule has 0 saturated carbocycles. The molecule has 3 rings (SSSR count). The van der Waals surface area contributed by atoms with Crippen LogP contribution < -0.4 is 15.5 Å². The third-order valence-corrected chi connectivity index (χ3v) is 5.13. The Hall–Kier alpha value is -1.77. The highest BCUT2D eigenvalue weighted by molar-refractivity contribution is 14.0. The summed E-state index contributed by atoms with van der Waals surface area (Å²) in [6.07, 6.45) is 4.39. The minimum atomic E-state index is 0. The van der Waals surface area contributed by atoms with E-state index in [9.17, 15) is 0 Å². The van der Waals surface area contributed by atoms with E-state index in [-0.39, 0.29) is 24.0 Å². The van der Waals surface area contributed by atoms with E-state index in [1.807, 2.05) is 17.8 Å². The van der Waals surface area contributed by atoms with Crippen molar-refractivity contribution in [3.8, 4) is 0 Å². The van der Waals surface area contributed by atoms with Crippen molar-refractivity contribution in [1.82, 2.24) is 20.4 Å². The first-order valence-electron chi connectivity index (χ1n) is 9.41. The molecule has 148 valence electrons. The van der Waals surface area contributed by atoms with Crippen molar-refractivity contribution < 1.29 is 0 Å². The summed E-state index contributed by atoms with van der Waals surface area (Å²) >= 11 is 0. The first-order valence-corrected chi connectivity index (χ1v) is 9.41. The van der Waals surface area contributed by atoms with Gasteiger partial charge in [-0.1, -0.05) is 19.1 Å². The molecule has 0 bridgehead atoms. The molecule has 1 aromatic heterocycles. The predicted molar refractivity (Wildman–Crippen MR) is 123 cm³/mol. The van der Waals surface area contributed by atoms with E-state index in [2.05, 4.69) is 56.8 Å². The molecule has 0 atom stereocenters. The van der Waals surface area contributed by atoms with Crippen LogP contribution in [0.1, 0.15) is 31.0 Å². The van der Waals surface area contributed by atoms with E-state index in [1.165, 1.54) is 37.2 Å². The molecule has 0 unspecified atom stereocenters. The quantitative estimate of drug-likeness (QED) is 0.391. The minimum absolute atomic E-state index is 0. The summed E-state index contributed by atoms with van der Waals surface area (Å²) < 4.78 is 1.86. The molecule has 2 aromatic rings. The van der Waals surface area contributed by atoms with E-state index in [4.69, 9.17) is 0 Å².